The lowest BCUT2D eigenvalue weighted by molar-refractivity contribution is 0.0788. The molecule has 1 amide bonds. The second-order valence-electron chi connectivity index (χ2n) is 5.37. The molecular formula is C16H19N3O2S. The van der Waals surface area contributed by atoms with Crippen LogP contribution < -0.4 is 10.1 Å². The van der Waals surface area contributed by atoms with E-state index in [9.17, 15) is 4.79 Å². The van der Waals surface area contributed by atoms with Gasteiger partial charge in [0.25, 0.3) is 5.91 Å². The van der Waals surface area contributed by atoms with Crippen molar-refractivity contribution in [2.75, 3.05) is 25.5 Å². The molecule has 22 heavy (non-hydrogen) atoms. The Hall–Kier alpha value is -2.08. The van der Waals surface area contributed by atoms with E-state index >= 15 is 0 Å². The van der Waals surface area contributed by atoms with Gasteiger partial charge in [-0.3, -0.25) is 4.79 Å². The zero-order chi connectivity index (χ0) is 15.5. The topological polar surface area (TPSA) is 54.5 Å². The van der Waals surface area contributed by atoms with Gasteiger partial charge in [0.15, 0.2) is 5.13 Å². The van der Waals surface area contributed by atoms with Crippen molar-refractivity contribution in [2.24, 2.45) is 0 Å². The summed E-state index contributed by atoms with van der Waals surface area (Å²) in [6.07, 6.45) is 2.17. The number of rotatable bonds is 4. The summed E-state index contributed by atoms with van der Waals surface area (Å²) >= 11 is 1.43. The molecule has 0 spiro atoms. The second kappa shape index (κ2) is 6.36. The highest BCUT2D eigenvalue weighted by molar-refractivity contribution is 7.14. The molecule has 2 heterocycles. The molecule has 0 atom stereocenters. The quantitative estimate of drug-likeness (QED) is 0.938. The summed E-state index contributed by atoms with van der Waals surface area (Å²) < 4.78 is 5.35. The predicted molar refractivity (Wildman–Crippen MR) is 88.3 cm³/mol. The summed E-state index contributed by atoms with van der Waals surface area (Å²) in [5.74, 6) is 0.784. The lowest BCUT2D eigenvalue weighted by Crippen LogP contribution is -2.27. The number of ether oxygens (including phenoxy) is 1. The van der Waals surface area contributed by atoms with Crippen molar-refractivity contribution in [1.29, 1.82) is 0 Å². The number of hydrogen-bond donors (Lipinski definition) is 1. The Kier molecular flexibility index (Phi) is 4.29. The maximum Gasteiger partial charge on any atom is 0.273 e. The molecule has 1 aromatic carbocycles. The van der Waals surface area contributed by atoms with Gasteiger partial charge >= 0.3 is 0 Å². The minimum atomic E-state index is 0.0259. The number of anilines is 2. The van der Waals surface area contributed by atoms with E-state index < -0.39 is 0 Å². The third kappa shape index (κ3) is 3.06. The first kappa shape index (κ1) is 14.8. The van der Waals surface area contributed by atoms with Crippen LogP contribution in [0.3, 0.4) is 0 Å². The normalized spacial score (nSPS) is 14.2. The number of methoxy groups -OCH3 is 1. The lowest BCUT2D eigenvalue weighted by Gasteiger charge is -2.13. The molecule has 1 saturated heterocycles. The maximum absolute atomic E-state index is 12.3. The molecule has 1 fully saturated rings. The first-order chi connectivity index (χ1) is 10.7. The Morgan fingerprint density at radius 1 is 1.36 bits per heavy atom. The van der Waals surface area contributed by atoms with Gasteiger partial charge in [-0.2, -0.15) is 0 Å². The Labute approximate surface area is 133 Å². The number of thiazole rings is 1. The predicted octanol–water partition coefficient (Wildman–Crippen LogP) is 3.44. The van der Waals surface area contributed by atoms with Gasteiger partial charge in [0.05, 0.1) is 12.8 Å². The van der Waals surface area contributed by atoms with Crippen molar-refractivity contribution in [3.8, 4) is 5.75 Å². The third-order valence-electron chi connectivity index (χ3n) is 3.71. The standard InChI is InChI=1S/C16H19N3O2S/c1-11-5-6-14(21-2)12(9-11)17-16-18-13(10-22-16)15(20)19-7-3-4-8-19/h5-6,9-10H,3-4,7-8H2,1-2H3,(H,17,18). The van der Waals surface area contributed by atoms with Gasteiger partial charge < -0.3 is 15.0 Å². The van der Waals surface area contributed by atoms with Gasteiger partial charge in [-0.05, 0) is 37.5 Å². The van der Waals surface area contributed by atoms with Crippen LogP contribution in [0.1, 0.15) is 28.9 Å². The van der Waals surface area contributed by atoms with Gasteiger partial charge in [0.2, 0.25) is 0 Å². The van der Waals surface area contributed by atoms with E-state index in [4.69, 9.17) is 4.74 Å². The molecule has 6 heteroatoms. The van der Waals surface area contributed by atoms with E-state index in [1.807, 2.05) is 35.4 Å². The summed E-state index contributed by atoms with van der Waals surface area (Å²) in [5, 5.41) is 5.75. The molecule has 1 N–H and O–H groups in total. The highest BCUT2D eigenvalue weighted by Crippen LogP contribution is 2.30. The van der Waals surface area contributed by atoms with E-state index in [1.54, 1.807) is 7.11 Å². The number of aryl methyl sites for hydroxylation is 1. The van der Waals surface area contributed by atoms with Crippen LogP contribution in [-0.2, 0) is 0 Å². The van der Waals surface area contributed by atoms with Crippen LogP contribution in [0.2, 0.25) is 0 Å². The summed E-state index contributed by atoms with van der Waals surface area (Å²) in [4.78, 5) is 18.6. The number of nitrogens with zero attached hydrogens (tertiary/aromatic N) is 2. The summed E-state index contributed by atoms with van der Waals surface area (Å²) in [5.41, 5.74) is 2.51. The monoisotopic (exact) mass is 317 g/mol. The summed E-state index contributed by atoms with van der Waals surface area (Å²) in [7, 11) is 1.64. The fourth-order valence-electron chi connectivity index (χ4n) is 2.55. The summed E-state index contributed by atoms with van der Waals surface area (Å²) in [6.45, 7) is 3.70. The lowest BCUT2D eigenvalue weighted by atomic mass is 10.2. The van der Waals surface area contributed by atoms with Crippen molar-refractivity contribution >= 4 is 28.1 Å². The van der Waals surface area contributed by atoms with Crippen LogP contribution >= 0.6 is 11.3 Å². The van der Waals surface area contributed by atoms with Crippen molar-refractivity contribution in [1.82, 2.24) is 9.88 Å². The molecule has 0 radical (unpaired) electrons. The van der Waals surface area contributed by atoms with Gasteiger partial charge in [-0.15, -0.1) is 11.3 Å². The summed E-state index contributed by atoms with van der Waals surface area (Å²) in [6, 6.07) is 5.91. The van der Waals surface area contributed by atoms with Gasteiger partial charge in [-0.25, -0.2) is 4.98 Å². The molecular weight excluding hydrogens is 298 g/mol. The number of likely N-dealkylation sites (tertiary alicyclic amines) is 1. The maximum atomic E-state index is 12.3. The average Bonchev–Trinajstić information content (AvgIpc) is 3.18. The smallest absolute Gasteiger partial charge is 0.273 e. The molecule has 2 aromatic rings. The van der Waals surface area contributed by atoms with Crippen LogP contribution in [0.25, 0.3) is 0 Å². The minimum Gasteiger partial charge on any atom is -0.495 e. The van der Waals surface area contributed by atoms with Crippen LogP contribution in [0.5, 0.6) is 5.75 Å². The van der Waals surface area contributed by atoms with Crippen LogP contribution in [0, 0.1) is 6.92 Å². The molecule has 1 aliphatic heterocycles. The molecule has 0 bridgehead atoms. The molecule has 5 nitrogen and oxygen atoms in total. The van der Waals surface area contributed by atoms with Crippen LogP contribution in [0.15, 0.2) is 23.6 Å². The first-order valence-electron chi connectivity index (χ1n) is 7.34. The number of nitrogens with one attached hydrogen (secondary N) is 1. The van der Waals surface area contributed by atoms with Crippen LogP contribution in [0.4, 0.5) is 10.8 Å². The molecule has 0 unspecified atom stereocenters. The first-order valence-corrected chi connectivity index (χ1v) is 8.22. The minimum absolute atomic E-state index is 0.0259. The second-order valence-corrected chi connectivity index (χ2v) is 6.22. The Morgan fingerprint density at radius 2 is 2.14 bits per heavy atom. The van der Waals surface area contributed by atoms with Gasteiger partial charge in [0.1, 0.15) is 11.4 Å². The van der Waals surface area contributed by atoms with E-state index in [0.717, 1.165) is 42.9 Å². The fraction of sp³-hybridized carbons (Fsp3) is 0.375. The van der Waals surface area contributed by atoms with Crippen LogP contribution in [-0.4, -0.2) is 36.0 Å². The van der Waals surface area contributed by atoms with E-state index in [-0.39, 0.29) is 5.91 Å². The number of benzene rings is 1. The Bertz CT molecular complexity index is 678. The van der Waals surface area contributed by atoms with Gasteiger partial charge in [0, 0.05) is 18.5 Å². The van der Waals surface area contributed by atoms with Crippen molar-refractivity contribution in [3.63, 3.8) is 0 Å². The van der Waals surface area contributed by atoms with E-state index in [0.29, 0.717) is 10.8 Å². The van der Waals surface area contributed by atoms with Crippen molar-refractivity contribution < 1.29 is 9.53 Å². The number of amides is 1. The third-order valence-corrected chi connectivity index (χ3v) is 4.47. The highest BCUT2D eigenvalue weighted by Gasteiger charge is 2.21. The largest absolute Gasteiger partial charge is 0.495 e. The molecule has 3 rings (SSSR count). The number of carbonyl (C=O) groups excluding carboxylic acids is 1. The molecule has 0 saturated carbocycles. The van der Waals surface area contributed by atoms with Crippen molar-refractivity contribution in [2.45, 2.75) is 19.8 Å². The van der Waals surface area contributed by atoms with E-state index in [2.05, 4.69) is 10.3 Å². The molecule has 1 aliphatic rings. The molecule has 0 aliphatic carbocycles. The number of aromatic nitrogens is 1. The average molecular weight is 317 g/mol. The number of carbonyl (C=O) groups is 1. The SMILES string of the molecule is COc1ccc(C)cc1Nc1nc(C(=O)N2CCCC2)cs1. The van der Waals surface area contributed by atoms with E-state index in [1.165, 1.54) is 11.3 Å². The fourth-order valence-corrected chi connectivity index (χ4v) is 3.24. The zero-order valence-electron chi connectivity index (χ0n) is 12.8. The van der Waals surface area contributed by atoms with Gasteiger partial charge in [-0.1, -0.05) is 6.07 Å². The molecule has 1 aromatic heterocycles. The highest BCUT2D eigenvalue weighted by atomic mass is 32.1. The number of hydrogen-bond acceptors (Lipinski definition) is 5. The zero-order valence-corrected chi connectivity index (χ0v) is 13.6. The Morgan fingerprint density at radius 3 is 2.86 bits per heavy atom. The molecule has 116 valence electrons. The van der Waals surface area contributed by atoms with Crippen molar-refractivity contribution in [3.05, 3.63) is 34.8 Å². The Balaban J connectivity index is 1.77.